The molecule has 0 radical (unpaired) electrons. The summed E-state index contributed by atoms with van der Waals surface area (Å²) in [5.74, 6) is -1.60. The van der Waals surface area contributed by atoms with E-state index in [2.05, 4.69) is 4.74 Å². The number of carbonyl (C=O) groups excluding carboxylic acids is 2. The SMILES string of the molecule is O=C1CCCCCCCCCC(F)C(=O)O1. The van der Waals surface area contributed by atoms with E-state index in [1.807, 2.05) is 0 Å². The van der Waals surface area contributed by atoms with Crippen LogP contribution in [0.1, 0.15) is 57.8 Å². The number of carbonyl (C=O) groups is 2. The van der Waals surface area contributed by atoms with Gasteiger partial charge >= 0.3 is 11.9 Å². The van der Waals surface area contributed by atoms with Crippen molar-refractivity contribution in [2.75, 3.05) is 0 Å². The third-order valence-electron chi connectivity index (χ3n) is 2.81. The number of esters is 2. The highest BCUT2D eigenvalue weighted by atomic mass is 19.1. The van der Waals surface area contributed by atoms with Gasteiger partial charge in [0.05, 0.1) is 0 Å². The fourth-order valence-electron chi connectivity index (χ4n) is 1.82. The van der Waals surface area contributed by atoms with E-state index >= 15 is 0 Å². The lowest BCUT2D eigenvalue weighted by molar-refractivity contribution is -0.163. The average Bonchev–Trinajstić information content (AvgIpc) is 2.26. The van der Waals surface area contributed by atoms with Gasteiger partial charge in [-0.2, -0.15) is 0 Å². The van der Waals surface area contributed by atoms with Gasteiger partial charge in [-0.15, -0.1) is 0 Å². The minimum atomic E-state index is -1.63. The molecule has 1 atom stereocenters. The zero-order valence-corrected chi connectivity index (χ0v) is 9.54. The van der Waals surface area contributed by atoms with Crippen LogP contribution in [0.2, 0.25) is 0 Å². The van der Waals surface area contributed by atoms with Crippen molar-refractivity contribution in [1.29, 1.82) is 0 Å². The lowest BCUT2D eigenvalue weighted by Gasteiger charge is -2.06. The Labute approximate surface area is 95.3 Å². The van der Waals surface area contributed by atoms with E-state index in [1.165, 1.54) is 0 Å². The number of halogens is 1. The molecular formula is C12H19FO3. The van der Waals surface area contributed by atoms with E-state index in [0.29, 0.717) is 6.42 Å². The zero-order chi connectivity index (χ0) is 11.8. The Kier molecular flexibility index (Phi) is 6.04. The Hall–Kier alpha value is -0.930. The zero-order valence-electron chi connectivity index (χ0n) is 9.54. The second kappa shape index (κ2) is 7.36. The first-order chi connectivity index (χ1) is 7.70. The Morgan fingerprint density at radius 3 is 2.19 bits per heavy atom. The molecule has 1 saturated heterocycles. The lowest BCUT2D eigenvalue weighted by atomic mass is 10.1. The molecule has 0 aromatic heterocycles. The predicted molar refractivity (Wildman–Crippen MR) is 57.5 cm³/mol. The number of hydrogen-bond acceptors (Lipinski definition) is 3. The molecule has 1 heterocycles. The summed E-state index contributed by atoms with van der Waals surface area (Å²) in [6.45, 7) is 0. The van der Waals surface area contributed by atoms with Crippen LogP contribution in [0.15, 0.2) is 0 Å². The van der Waals surface area contributed by atoms with Crippen molar-refractivity contribution in [3.8, 4) is 0 Å². The quantitative estimate of drug-likeness (QED) is 0.474. The third kappa shape index (κ3) is 5.24. The summed E-state index contributed by atoms with van der Waals surface area (Å²) in [5, 5.41) is 0. The summed E-state index contributed by atoms with van der Waals surface area (Å²) >= 11 is 0. The molecule has 92 valence electrons. The van der Waals surface area contributed by atoms with Crippen molar-refractivity contribution >= 4 is 11.9 Å². The molecule has 1 rings (SSSR count). The smallest absolute Gasteiger partial charge is 0.348 e. The molecular weight excluding hydrogens is 211 g/mol. The van der Waals surface area contributed by atoms with Crippen LogP contribution in [-0.2, 0) is 14.3 Å². The van der Waals surface area contributed by atoms with Crippen LogP contribution in [0.5, 0.6) is 0 Å². The minimum absolute atomic E-state index is 0.173. The van der Waals surface area contributed by atoms with Crippen molar-refractivity contribution in [2.24, 2.45) is 0 Å². The molecule has 0 N–H and O–H groups in total. The van der Waals surface area contributed by atoms with Crippen molar-refractivity contribution in [1.82, 2.24) is 0 Å². The van der Waals surface area contributed by atoms with Crippen molar-refractivity contribution in [3.05, 3.63) is 0 Å². The molecule has 16 heavy (non-hydrogen) atoms. The maximum atomic E-state index is 13.2. The van der Waals surface area contributed by atoms with E-state index in [1.54, 1.807) is 0 Å². The summed E-state index contributed by atoms with van der Waals surface area (Å²) < 4.78 is 17.6. The summed E-state index contributed by atoms with van der Waals surface area (Å²) in [6, 6.07) is 0. The third-order valence-corrected chi connectivity index (χ3v) is 2.81. The number of ether oxygens (including phenoxy) is 1. The average molecular weight is 230 g/mol. The first-order valence-corrected chi connectivity index (χ1v) is 6.09. The summed E-state index contributed by atoms with van der Waals surface area (Å²) in [6.07, 6.45) is 5.39. The van der Waals surface area contributed by atoms with Gasteiger partial charge in [-0.05, 0) is 19.3 Å². The van der Waals surface area contributed by atoms with E-state index in [9.17, 15) is 14.0 Å². The first kappa shape index (κ1) is 13.1. The Morgan fingerprint density at radius 2 is 1.50 bits per heavy atom. The largest absolute Gasteiger partial charge is 0.391 e. The highest BCUT2D eigenvalue weighted by molar-refractivity contribution is 5.87. The highest BCUT2D eigenvalue weighted by Gasteiger charge is 2.21. The molecule has 1 unspecified atom stereocenters. The molecule has 1 aliphatic heterocycles. The standard InChI is InChI=1S/C12H19FO3/c13-10-8-6-4-2-1-3-5-7-9-11(14)16-12(10)15/h10H,1-9H2. The molecule has 0 amide bonds. The topological polar surface area (TPSA) is 43.4 Å². The molecule has 1 aliphatic rings. The molecule has 0 aliphatic carbocycles. The molecule has 3 nitrogen and oxygen atoms in total. The van der Waals surface area contributed by atoms with Gasteiger partial charge in [-0.25, -0.2) is 9.18 Å². The van der Waals surface area contributed by atoms with Gasteiger partial charge in [0, 0.05) is 6.42 Å². The van der Waals surface area contributed by atoms with Gasteiger partial charge in [-0.1, -0.05) is 32.1 Å². The molecule has 1 fully saturated rings. The van der Waals surface area contributed by atoms with Crippen LogP contribution in [0.4, 0.5) is 4.39 Å². The number of cyclic esters (lactones) is 2. The van der Waals surface area contributed by atoms with Crippen LogP contribution in [0.25, 0.3) is 0 Å². The predicted octanol–water partition coefficient (Wildman–Crippen LogP) is 2.92. The monoisotopic (exact) mass is 230 g/mol. The first-order valence-electron chi connectivity index (χ1n) is 6.09. The maximum Gasteiger partial charge on any atom is 0.348 e. The van der Waals surface area contributed by atoms with Crippen LogP contribution >= 0.6 is 0 Å². The fourth-order valence-corrected chi connectivity index (χ4v) is 1.82. The van der Waals surface area contributed by atoms with Crippen LogP contribution in [-0.4, -0.2) is 18.1 Å². The van der Waals surface area contributed by atoms with Crippen LogP contribution < -0.4 is 0 Å². The summed E-state index contributed by atoms with van der Waals surface area (Å²) in [5.41, 5.74) is 0. The number of rotatable bonds is 0. The lowest BCUT2D eigenvalue weighted by Crippen LogP contribution is -2.22. The molecule has 0 saturated carbocycles. The second-order valence-electron chi connectivity index (χ2n) is 4.27. The Bertz CT molecular complexity index is 240. The maximum absolute atomic E-state index is 13.2. The molecule has 4 heteroatoms. The number of hydrogen-bond donors (Lipinski definition) is 0. The van der Waals surface area contributed by atoms with E-state index < -0.39 is 18.1 Å². The second-order valence-corrected chi connectivity index (χ2v) is 4.27. The van der Waals surface area contributed by atoms with Gasteiger partial charge in [0.1, 0.15) is 0 Å². The summed E-state index contributed by atoms with van der Waals surface area (Å²) in [7, 11) is 0. The van der Waals surface area contributed by atoms with E-state index in [0.717, 1.165) is 38.5 Å². The van der Waals surface area contributed by atoms with Crippen LogP contribution in [0, 0.1) is 0 Å². The molecule has 0 bridgehead atoms. The van der Waals surface area contributed by atoms with Gasteiger partial charge in [-0.3, -0.25) is 4.79 Å². The molecule has 0 aromatic rings. The van der Waals surface area contributed by atoms with Gasteiger partial charge < -0.3 is 4.74 Å². The summed E-state index contributed by atoms with van der Waals surface area (Å²) in [4.78, 5) is 22.2. The fraction of sp³-hybridized carbons (Fsp3) is 0.833. The van der Waals surface area contributed by atoms with Crippen molar-refractivity contribution in [3.63, 3.8) is 0 Å². The highest BCUT2D eigenvalue weighted by Crippen LogP contribution is 2.14. The minimum Gasteiger partial charge on any atom is -0.391 e. The Morgan fingerprint density at radius 1 is 0.938 bits per heavy atom. The number of alkyl halides is 1. The van der Waals surface area contributed by atoms with Crippen molar-refractivity contribution in [2.45, 2.75) is 64.0 Å². The van der Waals surface area contributed by atoms with E-state index in [4.69, 9.17) is 0 Å². The Balaban J connectivity index is 2.41. The van der Waals surface area contributed by atoms with Gasteiger partial charge in [0.25, 0.3) is 0 Å². The van der Waals surface area contributed by atoms with Crippen LogP contribution in [0.3, 0.4) is 0 Å². The molecule has 0 aromatic carbocycles. The van der Waals surface area contributed by atoms with Gasteiger partial charge in [0.2, 0.25) is 0 Å². The normalized spacial score (nSPS) is 26.2. The molecule has 0 spiro atoms. The van der Waals surface area contributed by atoms with Gasteiger partial charge in [0.15, 0.2) is 6.17 Å². The van der Waals surface area contributed by atoms with Crippen molar-refractivity contribution < 1.29 is 18.7 Å². The van der Waals surface area contributed by atoms with E-state index in [-0.39, 0.29) is 12.8 Å².